The van der Waals surface area contributed by atoms with E-state index in [0.717, 1.165) is 0 Å². The van der Waals surface area contributed by atoms with E-state index in [0.29, 0.717) is 11.3 Å². The third kappa shape index (κ3) is 2.88. The molecule has 0 fully saturated rings. The highest BCUT2D eigenvalue weighted by Crippen LogP contribution is 2.20. The maximum absolute atomic E-state index is 11.8. The van der Waals surface area contributed by atoms with Gasteiger partial charge < -0.3 is 9.15 Å². The molecule has 1 aromatic heterocycles. The summed E-state index contributed by atoms with van der Waals surface area (Å²) in [6.45, 7) is 3.48. The summed E-state index contributed by atoms with van der Waals surface area (Å²) in [5.41, 5.74) is -0.0429. The van der Waals surface area contributed by atoms with Crippen LogP contribution >= 0.6 is 12.6 Å². The first kappa shape index (κ1) is 12.8. The zero-order valence-electron chi connectivity index (χ0n) is 9.44. The van der Waals surface area contributed by atoms with Gasteiger partial charge in [-0.2, -0.15) is 12.6 Å². The van der Waals surface area contributed by atoms with Crippen LogP contribution in [-0.2, 0) is 0 Å². The molecule has 4 nitrogen and oxygen atoms in total. The van der Waals surface area contributed by atoms with E-state index in [2.05, 4.69) is 12.6 Å². The molecule has 0 saturated carbocycles. The smallest absolute Gasteiger partial charge is 0.340 e. The molecule has 88 valence electrons. The highest BCUT2D eigenvalue weighted by molar-refractivity contribution is 7.80. The molecule has 1 unspecified atom stereocenters. The Hall–Kier alpha value is -1.23. The zero-order chi connectivity index (χ0) is 12.3. The van der Waals surface area contributed by atoms with Crippen LogP contribution in [0.5, 0.6) is 5.75 Å². The number of methoxy groups -OCH3 is 1. The number of ether oxygens (including phenoxy) is 1. The molecule has 0 saturated heterocycles. The van der Waals surface area contributed by atoms with Gasteiger partial charge in [0.05, 0.1) is 13.2 Å². The number of thiol groups is 1. The largest absolute Gasteiger partial charge is 0.496 e. The van der Waals surface area contributed by atoms with Crippen molar-refractivity contribution < 1.29 is 13.9 Å². The number of rotatable bonds is 4. The van der Waals surface area contributed by atoms with Gasteiger partial charge in [-0.3, -0.25) is 4.79 Å². The molecular formula is C11H14O4S. The van der Waals surface area contributed by atoms with Gasteiger partial charge >= 0.3 is 5.63 Å². The molecule has 0 spiro atoms. The SMILES string of the molecule is COc1cc(=O)oc(C(=O)CC(C)S)c1C. The minimum absolute atomic E-state index is 0.0604. The van der Waals surface area contributed by atoms with Crippen molar-refractivity contribution in [3.8, 4) is 5.75 Å². The Morgan fingerprint density at radius 2 is 2.25 bits per heavy atom. The van der Waals surface area contributed by atoms with Crippen molar-refractivity contribution in [1.82, 2.24) is 0 Å². The Balaban J connectivity index is 3.18. The summed E-state index contributed by atoms with van der Waals surface area (Å²) >= 11 is 4.12. The molecule has 0 aliphatic carbocycles. The van der Waals surface area contributed by atoms with Gasteiger partial charge in [-0.15, -0.1) is 0 Å². The first-order valence-corrected chi connectivity index (χ1v) is 5.37. The van der Waals surface area contributed by atoms with Crippen LogP contribution in [0.4, 0.5) is 0 Å². The van der Waals surface area contributed by atoms with E-state index < -0.39 is 5.63 Å². The number of carbonyl (C=O) groups excluding carboxylic acids is 1. The summed E-state index contributed by atoms with van der Waals surface area (Å²) in [4.78, 5) is 23.0. The number of hydrogen-bond donors (Lipinski definition) is 1. The molecular weight excluding hydrogens is 228 g/mol. The van der Waals surface area contributed by atoms with E-state index >= 15 is 0 Å². The normalized spacial score (nSPS) is 12.2. The Labute approximate surface area is 99.0 Å². The number of carbonyl (C=O) groups is 1. The molecule has 1 heterocycles. The van der Waals surface area contributed by atoms with Crippen molar-refractivity contribution in [3.63, 3.8) is 0 Å². The standard InChI is InChI=1S/C11H14O4S/c1-6(16)4-8(12)11-7(2)9(14-3)5-10(13)15-11/h5-6,16H,4H2,1-3H3. The summed E-state index contributed by atoms with van der Waals surface area (Å²) in [6.07, 6.45) is 0.222. The predicted molar refractivity (Wildman–Crippen MR) is 63.7 cm³/mol. The topological polar surface area (TPSA) is 56.5 Å². The number of hydrogen-bond acceptors (Lipinski definition) is 5. The van der Waals surface area contributed by atoms with Crippen molar-refractivity contribution in [1.29, 1.82) is 0 Å². The Morgan fingerprint density at radius 3 is 2.75 bits per heavy atom. The summed E-state index contributed by atoms with van der Waals surface area (Å²) in [5.74, 6) is 0.188. The van der Waals surface area contributed by atoms with Gasteiger partial charge in [-0.1, -0.05) is 6.92 Å². The maximum Gasteiger partial charge on any atom is 0.340 e. The molecule has 1 atom stereocenters. The van der Waals surface area contributed by atoms with Gasteiger partial charge in [-0.05, 0) is 6.92 Å². The molecule has 1 rings (SSSR count). The lowest BCUT2D eigenvalue weighted by atomic mass is 10.1. The average molecular weight is 242 g/mol. The molecule has 1 aromatic rings. The lowest BCUT2D eigenvalue weighted by molar-refractivity contribution is 0.0950. The minimum Gasteiger partial charge on any atom is -0.496 e. The second-order valence-corrected chi connectivity index (χ2v) is 4.45. The monoisotopic (exact) mass is 242 g/mol. The van der Waals surface area contributed by atoms with Crippen LogP contribution in [0.25, 0.3) is 0 Å². The highest BCUT2D eigenvalue weighted by atomic mass is 32.1. The van der Waals surface area contributed by atoms with E-state index in [-0.39, 0.29) is 23.2 Å². The van der Waals surface area contributed by atoms with Crippen LogP contribution in [0, 0.1) is 6.92 Å². The van der Waals surface area contributed by atoms with Crippen LogP contribution in [0.2, 0.25) is 0 Å². The minimum atomic E-state index is -0.586. The summed E-state index contributed by atoms with van der Waals surface area (Å²) < 4.78 is 9.88. The van der Waals surface area contributed by atoms with Crippen molar-refractivity contribution in [3.05, 3.63) is 27.8 Å². The van der Waals surface area contributed by atoms with Gasteiger partial charge in [0.2, 0.25) is 0 Å². The quantitative estimate of drug-likeness (QED) is 0.646. The number of ketones is 1. The van der Waals surface area contributed by atoms with Crippen molar-refractivity contribution >= 4 is 18.4 Å². The lowest BCUT2D eigenvalue weighted by Gasteiger charge is -2.08. The highest BCUT2D eigenvalue weighted by Gasteiger charge is 2.18. The van der Waals surface area contributed by atoms with Crippen molar-refractivity contribution in [2.75, 3.05) is 7.11 Å². The fourth-order valence-electron chi connectivity index (χ4n) is 1.37. The average Bonchev–Trinajstić information content (AvgIpc) is 2.19. The van der Waals surface area contributed by atoms with Gasteiger partial charge in [-0.25, -0.2) is 4.79 Å². The summed E-state index contributed by atoms with van der Waals surface area (Å²) in [5, 5.41) is -0.0802. The lowest BCUT2D eigenvalue weighted by Crippen LogP contribution is -2.12. The van der Waals surface area contributed by atoms with Crippen LogP contribution in [0.3, 0.4) is 0 Å². The van der Waals surface area contributed by atoms with Crippen LogP contribution in [0.15, 0.2) is 15.3 Å². The molecule has 0 bridgehead atoms. The van der Waals surface area contributed by atoms with E-state index in [1.54, 1.807) is 13.8 Å². The first-order chi connectivity index (χ1) is 7.45. The van der Waals surface area contributed by atoms with Crippen molar-refractivity contribution in [2.24, 2.45) is 0 Å². The third-order valence-corrected chi connectivity index (χ3v) is 2.30. The maximum atomic E-state index is 11.8. The molecule has 5 heteroatoms. The summed E-state index contributed by atoms with van der Waals surface area (Å²) in [7, 11) is 1.44. The van der Waals surface area contributed by atoms with Crippen molar-refractivity contribution in [2.45, 2.75) is 25.5 Å². The second-order valence-electron chi connectivity index (χ2n) is 3.56. The predicted octanol–water partition coefficient (Wildman–Crippen LogP) is 1.85. The van der Waals surface area contributed by atoms with Crippen LogP contribution in [-0.4, -0.2) is 18.1 Å². The summed E-state index contributed by atoms with van der Waals surface area (Å²) in [6, 6.07) is 1.22. The number of Topliss-reactive ketones (excluding diaryl/α,β-unsaturated/α-hetero) is 1. The molecule has 16 heavy (non-hydrogen) atoms. The molecule has 0 amide bonds. The zero-order valence-corrected chi connectivity index (χ0v) is 10.3. The third-order valence-electron chi connectivity index (χ3n) is 2.12. The molecule has 0 N–H and O–H groups in total. The first-order valence-electron chi connectivity index (χ1n) is 4.85. The second kappa shape index (κ2) is 5.21. The molecule has 0 aromatic carbocycles. The van der Waals surface area contributed by atoms with Gasteiger partial charge in [0, 0.05) is 17.2 Å². The fraction of sp³-hybridized carbons (Fsp3) is 0.455. The van der Waals surface area contributed by atoms with E-state index in [4.69, 9.17) is 9.15 Å². The Morgan fingerprint density at radius 1 is 1.62 bits per heavy atom. The Bertz CT molecular complexity index is 448. The van der Waals surface area contributed by atoms with E-state index in [9.17, 15) is 9.59 Å². The molecule has 0 radical (unpaired) electrons. The van der Waals surface area contributed by atoms with Gasteiger partial charge in [0.25, 0.3) is 0 Å². The molecule has 0 aliphatic heterocycles. The fourth-order valence-corrected chi connectivity index (χ4v) is 1.54. The van der Waals surface area contributed by atoms with E-state index in [1.807, 2.05) is 0 Å². The van der Waals surface area contributed by atoms with Crippen LogP contribution < -0.4 is 10.4 Å². The van der Waals surface area contributed by atoms with E-state index in [1.165, 1.54) is 13.2 Å². The van der Waals surface area contributed by atoms with Gasteiger partial charge in [0.1, 0.15) is 5.75 Å². The van der Waals surface area contributed by atoms with Gasteiger partial charge in [0.15, 0.2) is 11.5 Å². The molecule has 0 aliphatic rings. The van der Waals surface area contributed by atoms with Crippen LogP contribution in [0.1, 0.15) is 29.5 Å². The Kier molecular flexibility index (Phi) is 4.18.